The van der Waals surface area contributed by atoms with E-state index in [-0.39, 0.29) is 17.0 Å². The van der Waals surface area contributed by atoms with Gasteiger partial charge in [0.1, 0.15) is 23.0 Å². The fourth-order valence-electron chi connectivity index (χ4n) is 2.09. The summed E-state index contributed by atoms with van der Waals surface area (Å²) in [5.41, 5.74) is 1.67. The minimum absolute atomic E-state index is 0.0806. The molecule has 0 bridgehead atoms. The Hall–Kier alpha value is -2.10. The van der Waals surface area contributed by atoms with Crippen molar-refractivity contribution in [2.75, 3.05) is 0 Å². The molecule has 0 amide bonds. The number of aryl methyl sites for hydroxylation is 1. The van der Waals surface area contributed by atoms with Gasteiger partial charge in [-0.05, 0) is 42.7 Å². The minimum Gasteiger partial charge on any atom is -0.296 e. The van der Waals surface area contributed by atoms with Crippen LogP contribution in [0, 0.1) is 18.6 Å². The van der Waals surface area contributed by atoms with Gasteiger partial charge in [-0.1, -0.05) is 13.0 Å². The van der Waals surface area contributed by atoms with E-state index in [2.05, 4.69) is 4.98 Å². The van der Waals surface area contributed by atoms with Gasteiger partial charge in [0.05, 0.1) is 0 Å². The Morgan fingerprint density at radius 3 is 2.47 bits per heavy atom. The molecule has 0 aliphatic heterocycles. The van der Waals surface area contributed by atoms with Gasteiger partial charge in [0.2, 0.25) is 0 Å². The summed E-state index contributed by atoms with van der Waals surface area (Å²) in [6.45, 7) is 3.67. The predicted octanol–water partition coefficient (Wildman–Crippen LogP) is 3.71. The number of pyridine rings is 1. The summed E-state index contributed by atoms with van der Waals surface area (Å²) in [5, 5.41) is 0. The largest absolute Gasteiger partial charge is 0.296 e. The standard InChI is InChI=1S/C15H13F2NO/c1-3-10-4-6-12(16)14(9(10)2)15-13(17)7-5-11(8-19)18-15/h4-8H,3H2,1-2H3. The fraction of sp³-hybridized carbons (Fsp3) is 0.200. The highest BCUT2D eigenvalue weighted by molar-refractivity contribution is 5.75. The van der Waals surface area contributed by atoms with E-state index in [1.54, 1.807) is 13.0 Å². The van der Waals surface area contributed by atoms with Gasteiger partial charge in [-0.2, -0.15) is 0 Å². The lowest BCUT2D eigenvalue weighted by Crippen LogP contribution is -2.01. The Bertz CT molecular complexity index is 638. The molecule has 0 spiro atoms. The summed E-state index contributed by atoms with van der Waals surface area (Å²) < 4.78 is 27.8. The van der Waals surface area contributed by atoms with Crippen molar-refractivity contribution in [2.24, 2.45) is 0 Å². The van der Waals surface area contributed by atoms with Crippen LogP contribution in [0.25, 0.3) is 11.3 Å². The van der Waals surface area contributed by atoms with Crippen molar-refractivity contribution in [1.29, 1.82) is 0 Å². The zero-order valence-electron chi connectivity index (χ0n) is 10.7. The molecule has 0 radical (unpaired) electrons. The van der Waals surface area contributed by atoms with Gasteiger partial charge in [-0.15, -0.1) is 0 Å². The Kier molecular flexibility index (Phi) is 3.69. The van der Waals surface area contributed by atoms with Crippen LogP contribution in [0.1, 0.15) is 28.5 Å². The molecule has 1 aromatic heterocycles. The van der Waals surface area contributed by atoms with Crippen LogP contribution < -0.4 is 0 Å². The summed E-state index contributed by atoms with van der Waals surface area (Å²) in [5.74, 6) is -1.18. The van der Waals surface area contributed by atoms with Crippen LogP contribution in [-0.4, -0.2) is 11.3 Å². The van der Waals surface area contributed by atoms with Crippen LogP contribution in [0.2, 0.25) is 0 Å². The van der Waals surface area contributed by atoms with Crippen molar-refractivity contribution in [3.63, 3.8) is 0 Å². The Morgan fingerprint density at radius 2 is 1.84 bits per heavy atom. The topological polar surface area (TPSA) is 30.0 Å². The summed E-state index contributed by atoms with van der Waals surface area (Å²) in [4.78, 5) is 14.6. The van der Waals surface area contributed by atoms with Gasteiger partial charge in [0.15, 0.2) is 6.29 Å². The number of carbonyl (C=O) groups is 1. The number of rotatable bonds is 3. The molecule has 0 atom stereocenters. The normalized spacial score (nSPS) is 10.5. The lowest BCUT2D eigenvalue weighted by Gasteiger charge is -2.12. The number of halogens is 2. The van der Waals surface area contributed by atoms with Crippen molar-refractivity contribution in [2.45, 2.75) is 20.3 Å². The predicted molar refractivity (Wildman–Crippen MR) is 69.1 cm³/mol. The van der Waals surface area contributed by atoms with E-state index in [0.29, 0.717) is 18.3 Å². The fourth-order valence-corrected chi connectivity index (χ4v) is 2.09. The molecule has 4 heteroatoms. The molecule has 2 rings (SSSR count). The molecule has 0 fully saturated rings. The third kappa shape index (κ3) is 2.38. The molecule has 2 aromatic rings. The number of benzene rings is 1. The molecule has 98 valence electrons. The molecule has 0 aliphatic carbocycles. The molecule has 1 aromatic carbocycles. The monoisotopic (exact) mass is 261 g/mol. The van der Waals surface area contributed by atoms with Crippen molar-refractivity contribution < 1.29 is 13.6 Å². The molecule has 0 unspecified atom stereocenters. The SMILES string of the molecule is CCc1ccc(F)c(-c2nc(C=O)ccc2F)c1C. The van der Waals surface area contributed by atoms with Gasteiger partial charge in [0, 0.05) is 5.56 Å². The van der Waals surface area contributed by atoms with Gasteiger partial charge >= 0.3 is 0 Å². The molecule has 0 N–H and O–H groups in total. The lowest BCUT2D eigenvalue weighted by molar-refractivity contribution is 0.111. The van der Waals surface area contributed by atoms with Crippen LogP contribution in [0.5, 0.6) is 0 Å². The maximum Gasteiger partial charge on any atom is 0.168 e. The highest BCUT2D eigenvalue weighted by Gasteiger charge is 2.17. The first-order valence-electron chi connectivity index (χ1n) is 5.98. The van der Waals surface area contributed by atoms with E-state index in [4.69, 9.17) is 0 Å². The van der Waals surface area contributed by atoms with E-state index in [1.807, 2.05) is 6.92 Å². The van der Waals surface area contributed by atoms with E-state index < -0.39 is 11.6 Å². The molecule has 0 aliphatic rings. The van der Waals surface area contributed by atoms with E-state index >= 15 is 0 Å². The molecular weight excluding hydrogens is 248 g/mol. The molecule has 19 heavy (non-hydrogen) atoms. The highest BCUT2D eigenvalue weighted by atomic mass is 19.1. The van der Waals surface area contributed by atoms with Crippen molar-refractivity contribution in [3.8, 4) is 11.3 Å². The third-order valence-corrected chi connectivity index (χ3v) is 3.13. The van der Waals surface area contributed by atoms with Gasteiger partial charge in [0.25, 0.3) is 0 Å². The molecule has 0 saturated carbocycles. The maximum absolute atomic E-state index is 14.0. The summed E-state index contributed by atoms with van der Waals surface area (Å²) in [6.07, 6.45) is 1.23. The molecular formula is C15H13F2NO. The van der Waals surface area contributed by atoms with Crippen LogP contribution in [0.3, 0.4) is 0 Å². The Balaban J connectivity index is 2.74. The van der Waals surface area contributed by atoms with Gasteiger partial charge in [-0.25, -0.2) is 13.8 Å². The first-order chi connectivity index (χ1) is 9.08. The number of aldehydes is 1. The minimum atomic E-state index is -0.638. The Morgan fingerprint density at radius 1 is 1.16 bits per heavy atom. The summed E-state index contributed by atoms with van der Waals surface area (Å²) in [7, 11) is 0. The zero-order chi connectivity index (χ0) is 14.0. The quantitative estimate of drug-likeness (QED) is 0.788. The van der Waals surface area contributed by atoms with Crippen LogP contribution in [-0.2, 0) is 6.42 Å². The van der Waals surface area contributed by atoms with E-state index in [1.165, 1.54) is 12.1 Å². The zero-order valence-corrected chi connectivity index (χ0v) is 10.7. The average molecular weight is 261 g/mol. The number of aromatic nitrogens is 1. The lowest BCUT2D eigenvalue weighted by atomic mass is 9.97. The smallest absolute Gasteiger partial charge is 0.168 e. The van der Waals surface area contributed by atoms with Crippen molar-refractivity contribution >= 4 is 6.29 Å². The van der Waals surface area contributed by atoms with Gasteiger partial charge in [-0.3, -0.25) is 4.79 Å². The first kappa shape index (κ1) is 13.3. The van der Waals surface area contributed by atoms with E-state index in [9.17, 15) is 13.6 Å². The van der Waals surface area contributed by atoms with Crippen LogP contribution in [0.15, 0.2) is 24.3 Å². The molecule has 1 heterocycles. The third-order valence-electron chi connectivity index (χ3n) is 3.13. The highest BCUT2D eigenvalue weighted by Crippen LogP contribution is 2.29. The summed E-state index contributed by atoms with van der Waals surface area (Å²) in [6, 6.07) is 5.37. The second kappa shape index (κ2) is 5.26. The van der Waals surface area contributed by atoms with E-state index in [0.717, 1.165) is 11.6 Å². The number of hydrogen-bond acceptors (Lipinski definition) is 2. The number of nitrogens with zero attached hydrogens (tertiary/aromatic N) is 1. The van der Waals surface area contributed by atoms with Crippen LogP contribution >= 0.6 is 0 Å². The van der Waals surface area contributed by atoms with Gasteiger partial charge < -0.3 is 0 Å². The molecule has 2 nitrogen and oxygen atoms in total. The second-order valence-electron chi connectivity index (χ2n) is 4.24. The van der Waals surface area contributed by atoms with Crippen molar-refractivity contribution in [1.82, 2.24) is 4.98 Å². The molecule has 0 saturated heterocycles. The Labute approximate surface area is 110 Å². The van der Waals surface area contributed by atoms with Crippen molar-refractivity contribution in [3.05, 3.63) is 52.7 Å². The average Bonchev–Trinajstić information content (AvgIpc) is 2.41. The summed E-state index contributed by atoms with van der Waals surface area (Å²) >= 11 is 0. The first-order valence-corrected chi connectivity index (χ1v) is 5.98. The second-order valence-corrected chi connectivity index (χ2v) is 4.24. The van der Waals surface area contributed by atoms with Crippen LogP contribution in [0.4, 0.5) is 8.78 Å². The number of hydrogen-bond donors (Lipinski definition) is 0. The number of carbonyl (C=O) groups excluding carboxylic acids is 1. The maximum atomic E-state index is 14.0.